The fraction of sp³-hybridized carbons (Fsp3) is 0.471. The molecule has 4 heterocycles. The second kappa shape index (κ2) is 7.79. The molecule has 0 unspecified atom stereocenters. The van der Waals surface area contributed by atoms with Crippen molar-refractivity contribution < 1.29 is 19.4 Å². The number of carbonyl (C=O) groups is 2. The SMILES string of the molecule is COc1ccc2snc(C(=O)N[C@H]3CN4CCC3CC4)c2c1.O=CO. The molecule has 25 heavy (non-hydrogen) atoms. The van der Waals surface area contributed by atoms with Gasteiger partial charge in [-0.1, -0.05) is 0 Å². The zero-order valence-corrected chi connectivity index (χ0v) is 14.8. The molecule has 1 aromatic carbocycles. The Morgan fingerprint density at radius 2 is 2.16 bits per heavy atom. The van der Waals surface area contributed by atoms with E-state index in [0.717, 1.165) is 22.4 Å². The number of nitrogens with one attached hydrogen (secondary N) is 1. The van der Waals surface area contributed by atoms with Crippen molar-refractivity contribution in [1.29, 1.82) is 0 Å². The van der Waals surface area contributed by atoms with Crippen LogP contribution in [0.3, 0.4) is 0 Å². The van der Waals surface area contributed by atoms with Gasteiger partial charge in [-0.3, -0.25) is 9.59 Å². The number of piperidine rings is 3. The number of fused-ring (bicyclic) bond motifs is 4. The molecule has 2 N–H and O–H groups in total. The molecule has 1 aromatic heterocycles. The minimum Gasteiger partial charge on any atom is -0.497 e. The molecule has 3 aliphatic heterocycles. The van der Waals surface area contributed by atoms with Crippen LogP contribution in [0.4, 0.5) is 0 Å². The van der Waals surface area contributed by atoms with Gasteiger partial charge in [0.25, 0.3) is 12.4 Å². The maximum Gasteiger partial charge on any atom is 0.290 e. The van der Waals surface area contributed by atoms with E-state index in [1.54, 1.807) is 7.11 Å². The minimum atomic E-state index is -0.250. The fourth-order valence-corrected chi connectivity index (χ4v) is 4.33. The van der Waals surface area contributed by atoms with Crippen molar-refractivity contribution in [2.24, 2.45) is 5.92 Å². The van der Waals surface area contributed by atoms with Crippen molar-refractivity contribution in [2.45, 2.75) is 18.9 Å². The third-order valence-corrected chi connectivity index (χ3v) is 5.69. The number of aromatic nitrogens is 1. The lowest BCUT2D eigenvalue weighted by atomic mass is 9.84. The molecule has 1 atom stereocenters. The first-order valence-electron chi connectivity index (χ1n) is 8.20. The van der Waals surface area contributed by atoms with Gasteiger partial charge in [-0.25, -0.2) is 0 Å². The topological polar surface area (TPSA) is 91.8 Å². The second-order valence-electron chi connectivity index (χ2n) is 6.22. The first-order valence-corrected chi connectivity index (χ1v) is 8.98. The summed E-state index contributed by atoms with van der Waals surface area (Å²) in [5.41, 5.74) is 0.523. The molecule has 7 nitrogen and oxygen atoms in total. The number of ether oxygens (including phenoxy) is 1. The Bertz CT molecular complexity index is 755. The number of benzene rings is 1. The van der Waals surface area contributed by atoms with E-state index in [2.05, 4.69) is 14.6 Å². The van der Waals surface area contributed by atoms with Crippen LogP contribution in [0.2, 0.25) is 0 Å². The van der Waals surface area contributed by atoms with Gasteiger partial charge in [0.05, 0.1) is 11.8 Å². The van der Waals surface area contributed by atoms with Crippen molar-refractivity contribution in [3.8, 4) is 5.75 Å². The lowest BCUT2D eigenvalue weighted by Crippen LogP contribution is -2.57. The second-order valence-corrected chi connectivity index (χ2v) is 7.02. The third-order valence-electron chi connectivity index (χ3n) is 4.86. The van der Waals surface area contributed by atoms with E-state index in [4.69, 9.17) is 14.6 Å². The highest BCUT2D eigenvalue weighted by molar-refractivity contribution is 7.13. The van der Waals surface area contributed by atoms with Crippen LogP contribution < -0.4 is 10.1 Å². The molecule has 0 spiro atoms. The highest BCUT2D eigenvalue weighted by atomic mass is 32.1. The highest BCUT2D eigenvalue weighted by Gasteiger charge is 2.35. The Kier molecular flexibility index (Phi) is 5.50. The predicted molar refractivity (Wildman–Crippen MR) is 95.3 cm³/mol. The van der Waals surface area contributed by atoms with E-state index < -0.39 is 0 Å². The van der Waals surface area contributed by atoms with Crippen LogP contribution in [0, 0.1) is 5.92 Å². The Hall–Kier alpha value is -2.19. The molecular formula is C17H21N3O4S. The Morgan fingerprint density at radius 3 is 2.76 bits per heavy atom. The lowest BCUT2D eigenvalue weighted by Gasteiger charge is -2.44. The maximum atomic E-state index is 12.6. The van der Waals surface area contributed by atoms with Crippen molar-refractivity contribution >= 4 is 34.0 Å². The molecule has 0 aliphatic carbocycles. The molecule has 3 saturated heterocycles. The summed E-state index contributed by atoms with van der Waals surface area (Å²) in [4.78, 5) is 23.4. The number of hydrogen-bond donors (Lipinski definition) is 2. The van der Waals surface area contributed by atoms with Gasteiger partial charge in [-0.05, 0) is 61.6 Å². The summed E-state index contributed by atoms with van der Waals surface area (Å²) >= 11 is 1.36. The van der Waals surface area contributed by atoms with Gasteiger partial charge in [0.1, 0.15) is 11.4 Å². The molecular weight excluding hydrogens is 342 g/mol. The number of hydrogen-bond acceptors (Lipinski definition) is 6. The van der Waals surface area contributed by atoms with E-state index in [1.165, 1.54) is 37.5 Å². The molecule has 1 amide bonds. The first kappa shape index (κ1) is 17.6. The zero-order valence-electron chi connectivity index (χ0n) is 14.0. The van der Waals surface area contributed by atoms with Crippen molar-refractivity contribution in [2.75, 3.05) is 26.7 Å². The smallest absolute Gasteiger partial charge is 0.290 e. The average molecular weight is 363 g/mol. The van der Waals surface area contributed by atoms with Crippen LogP contribution in [-0.4, -0.2) is 59.5 Å². The van der Waals surface area contributed by atoms with Gasteiger partial charge in [-0.2, -0.15) is 4.37 Å². The summed E-state index contributed by atoms with van der Waals surface area (Å²) in [5.74, 6) is 1.32. The van der Waals surface area contributed by atoms with Crippen molar-refractivity contribution in [1.82, 2.24) is 14.6 Å². The van der Waals surface area contributed by atoms with Crippen molar-refractivity contribution in [3.63, 3.8) is 0 Å². The van der Waals surface area contributed by atoms with E-state index in [1.807, 2.05) is 18.2 Å². The van der Waals surface area contributed by atoms with Gasteiger partial charge >= 0.3 is 0 Å². The molecule has 0 saturated carbocycles. The molecule has 8 heteroatoms. The molecule has 5 rings (SSSR count). The monoisotopic (exact) mass is 363 g/mol. The molecule has 2 aromatic rings. The van der Waals surface area contributed by atoms with Crippen LogP contribution in [0.15, 0.2) is 18.2 Å². The Labute approximate surface area is 149 Å². The van der Waals surface area contributed by atoms with E-state index in [9.17, 15) is 4.79 Å². The van der Waals surface area contributed by atoms with Crippen LogP contribution in [-0.2, 0) is 4.79 Å². The van der Waals surface area contributed by atoms with Gasteiger partial charge in [-0.15, -0.1) is 0 Å². The number of methoxy groups -OCH3 is 1. The lowest BCUT2D eigenvalue weighted by molar-refractivity contribution is -0.122. The minimum absolute atomic E-state index is 0.0572. The largest absolute Gasteiger partial charge is 0.497 e. The summed E-state index contributed by atoms with van der Waals surface area (Å²) in [5, 5.41) is 11.0. The summed E-state index contributed by atoms with van der Waals surface area (Å²) < 4.78 is 10.6. The van der Waals surface area contributed by atoms with E-state index >= 15 is 0 Å². The molecule has 134 valence electrons. The molecule has 3 fully saturated rings. The Morgan fingerprint density at radius 1 is 1.44 bits per heavy atom. The van der Waals surface area contributed by atoms with Crippen molar-refractivity contribution in [3.05, 3.63) is 23.9 Å². The quantitative estimate of drug-likeness (QED) is 0.809. The van der Waals surface area contributed by atoms with Crippen LogP contribution >= 0.6 is 11.5 Å². The number of carboxylic acid groups (broad SMARTS) is 1. The van der Waals surface area contributed by atoms with Gasteiger partial charge in [0.2, 0.25) is 0 Å². The standard InChI is InChI=1S/C16H19N3O2S.CH2O2/c1-21-11-2-3-14-12(8-11)15(18-22-14)16(20)17-13-9-19-6-4-10(13)5-7-19;2-1-3/h2-3,8,10,13H,4-7,9H2,1H3,(H,17,20);1H,(H,2,3)/t13-;/m0./s1. The maximum absolute atomic E-state index is 12.6. The summed E-state index contributed by atoms with van der Waals surface area (Å²) in [6.45, 7) is 3.07. The van der Waals surface area contributed by atoms with Gasteiger partial charge < -0.3 is 20.1 Å². The average Bonchev–Trinajstić information content (AvgIpc) is 3.06. The zero-order chi connectivity index (χ0) is 17.8. The molecule has 3 aliphatic rings. The third kappa shape index (κ3) is 3.74. The predicted octanol–water partition coefficient (Wildman–Crippen LogP) is 1.83. The summed E-state index contributed by atoms with van der Waals surface area (Å²) in [7, 11) is 1.63. The fourth-order valence-electron chi connectivity index (χ4n) is 3.57. The van der Waals surface area contributed by atoms with Crippen LogP contribution in [0.1, 0.15) is 23.3 Å². The van der Waals surface area contributed by atoms with Crippen LogP contribution in [0.25, 0.3) is 10.1 Å². The number of carbonyl (C=O) groups excluding carboxylic acids is 1. The van der Waals surface area contributed by atoms with Crippen LogP contribution in [0.5, 0.6) is 5.75 Å². The normalized spacial score (nSPS) is 24.3. The molecule has 0 radical (unpaired) electrons. The number of amides is 1. The first-order chi connectivity index (χ1) is 12.2. The highest BCUT2D eigenvalue weighted by Crippen LogP contribution is 2.29. The van der Waals surface area contributed by atoms with Gasteiger partial charge in [0, 0.05) is 18.0 Å². The van der Waals surface area contributed by atoms with Gasteiger partial charge in [0.15, 0.2) is 0 Å². The Balaban J connectivity index is 0.000000569. The summed E-state index contributed by atoms with van der Waals surface area (Å²) in [6.07, 6.45) is 2.38. The van der Waals surface area contributed by atoms with E-state index in [-0.39, 0.29) is 18.4 Å². The molecule has 2 bridgehead atoms. The summed E-state index contributed by atoms with van der Waals surface area (Å²) in [6, 6.07) is 6.01. The number of nitrogens with zero attached hydrogens (tertiary/aromatic N) is 2. The van der Waals surface area contributed by atoms with E-state index in [0.29, 0.717) is 11.6 Å². The number of rotatable bonds is 3.